The zero-order chi connectivity index (χ0) is 14.1. The topological polar surface area (TPSA) is 87.7 Å². The van der Waals surface area contributed by atoms with Crippen LogP contribution in [0.2, 0.25) is 0 Å². The summed E-state index contributed by atoms with van der Waals surface area (Å²) in [4.78, 5) is 13.4. The van der Waals surface area contributed by atoms with E-state index in [9.17, 15) is 4.79 Å². The summed E-state index contributed by atoms with van der Waals surface area (Å²) in [5.74, 6) is -0.133. The lowest BCUT2D eigenvalue weighted by Gasteiger charge is -2.25. The van der Waals surface area contributed by atoms with Gasteiger partial charge in [0.15, 0.2) is 5.84 Å². The summed E-state index contributed by atoms with van der Waals surface area (Å²) in [5.41, 5.74) is 4.69. The van der Waals surface area contributed by atoms with Crippen molar-refractivity contribution >= 4 is 23.1 Å². The molecule has 5 nitrogen and oxygen atoms in total. The number of carbonyl (C=O) groups excluding carboxylic acids is 1. The third-order valence-electron chi connectivity index (χ3n) is 3.66. The number of amides is 1. The number of hydrogen-bond donors (Lipinski definition) is 3. The summed E-state index contributed by atoms with van der Waals surface area (Å²) in [5, 5.41) is 16.6. The van der Waals surface area contributed by atoms with Crippen LogP contribution in [0.1, 0.15) is 31.6 Å². The van der Waals surface area contributed by atoms with Crippen LogP contribution >= 0.6 is 11.3 Å². The highest BCUT2D eigenvalue weighted by Gasteiger charge is 2.54. The number of nitrogens with zero attached hydrogens (tertiary/aromatic N) is 1. The smallest absolute Gasteiger partial charge is 0.233 e. The quantitative estimate of drug-likeness (QED) is 0.332. The van der Waals surface area contributed by atoms with Crippen LogP contribution in [0.25, 0.3) is 0 Å². The minimum atomic E-state index is -0.778. The van der Waals surface area contributed by atoms with Crippen molar-refractivity contribution in [2.24, 2.45) is 16.3 Å². The molecule has 1 saturated carbocycles. The van der Waals surface area contributed by atoms with E-state index in [4.69, 9.17) is 10.9 Å². The molecule has 1 aromatic rings. The highest BCUT2D eigenvalue weighted by atomic mass is 32.1. The molecule has 104 valence electrons. The predicted octanol–water partition coefficient (Wildman–Crippen LogP) is 1.67. The standard InChI is InChI=1S/C13H19N3O2S/c1-12(2,9-4-3-7-19-9)8-15-11(17)13(5-6-13)10(14)16-18/h3-4,7,18H,5-6,8H2,1-2H3,(H2,14,16)(H,15,17). The maximum Gasteiger partial charge on any atom is 0.233 e. The molecule has 0 saturated heterocycles. The molecule has 0 spiro atoms. The lowest BCUT2D eigenvalue weighted by Crippen LogP contribution is -2.44. The van der Waals surface area contributed by atoms with Crippen molar-refractivity contribution in [2.75, 3.05) is 6.54 Å². The van der Waals surface area contributed by atoms with Crippen LogP contribution in [-0.4, -0.2) is 23.5 Å². The van der Waals surface area contributed by atoms with Gasteiger partial charge in [-0.15, -0.1) is 11.3 Å². The Hall–Kier alpha value is -1.56. The van der Waals surface area contributed by atoms with Crippen LogP contribution in [0.5, 0.6) is 0 Å². The highest BCUT2D eigenvalue weighted by molar-refractivity contribution is 7.10. The molecule has 1 aromatic heterocycles. The van der Waals surface area contributed by atoms with Crippen molar-refractivity contribution in [2.45, 2.75) is 32.1 Å². The van der Waals surface area contributed by atoms with Crippen molar-refractivity contribution in [3.8, 4) is 0 Å². The largest absolute Gasteiger partial charge is 0.409 e. The van der Waals surface area contributed by atoms with Gasteiger partial charge < -0.3 is 16.3 Å². The van der Waals surface area contributed by atoms with E-state index in [-0.39, 0.29) is 17.2 Å². The van der Waals surface area contributed by atoms with Crippen molar-refractivity contribution in [3.05, 3.63) is 22.4 Å². The first-order valence-corrected chi connectivity index (χ1v) is 7.11. The minimum Gasteiger partial charge on any atom is -0.409 e. The van der Waals surface area contributed by atoms with Crippen LogP contribution in [0.15, 0.2) is 22.7 Å². The third-order valence-corrected chi connectivity index (χ3v) is 4.90. The summed E-state index contributed by atoms with van der Waals surface area (Å²) in [6.45, 7) is 4.71. The second-order valence-corrected chi connectivity index (χ2v) is 6.56. The van der Waals surface area contributed by atoms with E-state index in [1.165, 1.54) is 4.88 Å². The van der Waals surface area contributed by atoms with Gasteiger partial charge in [-0.2, -0.15) is 0 Å². The molecule has 1 aliphatic rings. The molecule has 0 aliphatic heterocycles. The summed E-state index contributed by atoms with van der Waals surface area (Å²) in [6, 6.07) is 4.07. The first-order valence-electron chi connectivity index (χ1n) is 6.23. The number of hydrogen-bond acceptors (Lipinski definition) is 4. The molecule has 1 fully saturated rings. The first kappa shape index (κ1) is 13.9. The van der Waals surface area contributed by atoms with Gasteiger partial charge in [-0.1, -0.05) is 25.1 Å². The Morgan fingerprint density at radius 2 is 2.32 bits per heavy atom. The second kappa shape index (κ2) is 4.85. The maximum absolute atomic E-state index is 12.2. The molecule has 0 aromatic carbocycles. The van der Waals surface area contributed by atoms with Crippen LogP contribution in [0.4, 0.5) is 0 Å². The van der Waals surface area contributed by atoms with Crippen LogP contribution in [0, 0.1) is 5.41 Å². The molecule has 1 aliphatic carbocycles. The first-order chi connectivity index (χ1) is 8.92. The molecule has 0 atom stereocenters. The Labute approximate surface area is 116 Å². The summed E-state index contributed by atoms with van der Waals surface area (Å²) < 4.78 is 0. The molecular formula is C13H19N3O2S. The van der Waals surface area contributed by atoms with E-state index in [1.54, 1.807) is 11.3 Å². The van der Waals surface area contributed by atoms with Gasteiger partial charge in [0.2, 0.25) is 5.91 Å². The Balaban J connectivity index is 1.98. The third kappa shape index (κ3) is 2.58. The number of thiophene rings is 1. The predicted molar refractivity (Wildman–Crippen MR) is 75.4 cm³/mol. The van der Waals surface area contributed by atoms with E-state index in [2.05, 4.69) is 30.4 Å². The average Bonchev–Trinajstić information content (AvgIpc) is 3.01. The van der Waals surface area contributed by atoms with Gasteiger partial charge in [0.05, 0.1) is 0 Å². The average molecular weight is 281 g/mol. The van der Waals surface area contributed by atoms with Gasteiger partial charge in [0, 0.05) is 16.8 Å². The minimum absolute atomic E-state index is 0.0129. The molecule has 1 amide bonds. The maximum atomic E-state index is 12.2. The van der Waals surface area contributed by atoms with E-state index in [1.807, 2.05) is 11.4 Å². The molecular weight excluding hydrogens is 262 g/mol. The number of rotatable bonds is 5. The Morgan fingerprint density at radius 1 is 1.63 bits per heavy atom. The van der Waals surface area contributed by atoms with Crippen LogP contribution in [0.3, 0.4) is 0 Å². The monoisotopic (exact) mass is 281 g/mol. The number of carbonyl (C=O) groups is 1. The zero-order valence-electron chi connectivity index (χ0n) is 11.1. The van der Waals surface area contributed by atoms with Gasteiger partial charge in [-0.05, 0) is 24.3 Å². The van der Waals surface area contributed by atoms with Crippen molar-refractivity contribution in [1.29, 1.82) is 0 Å². The fourth-order valence-electron chi connectivity index (χ4n) is 2.04. The normalized spacial score (nSPS) is 18.1. The number of oxime groups is 1. The second-order valence-electron chi connectivity index (χ2n) is 5.61. The molecule has 4 N–H and O–H groups in total. The van der Waals surface area contributed by atoms with E-state index in [0.29, 0.717) is 19.4 Å². The highest BCUT2D eigenvalue weighted by Crippen LogP contribution is 2.46. The van der Waals surface area contributed by atoms with Crippen LogP contribution < -0.4 is 11.1 Å². The SMILES string of the molecule is CC(C)(CNC(=O)C1(/C(N)=N/O)CC1)c1cccs1. The summed E-state index contributed by atoms with van der Waals surface area (Å²) in [6.07, 6.45) is 1.29. The fourth-order valence-corrected chi connectivity index (χ4v) is 2.89. The molecule has 2 rings (SSSR count). The van der Waals surface area contributed by atoms with E-state index >= 15 is 0 Å². The molecule has 0 radical (unpaired) electrons. The van der Waals surface area contributed by atoms with Gasteiger partial charge in [0.1, 0.15) is 5.41 Å². The number of nitrogens with one attached hydrogen (secondary N) is 1. The summed E-state index contributed by atoms with van der Waals surface area (Å²) in [7, 11) is 0. The van der Waals surface area contributed by atoms with Crippen molar-refractivity contribution in [3.63, 3.8) is 0 Å². The molecule has 6 heteroatoms. The van der Waals surface area contributed by atoms with Crippen molar-refractivity contribution < 1.29 is 10.0 Å². The number of nitrogens with two attached hydrogens (primary N) is 1. The van der Waals surface area contributed by atoms with Crippen molar-refractivity contribution in [1.82, 2.24) is 5.32 Å². The fraction of sp³-hybridized carbons (Fsp3) is 0.538. The molecule has 1 heterocycles. The van der Waals surface area contributed by atoms with Crippen LogP contribution in [-0.2, 0) is 10.2 Å². The lowest BCUT2D eigenvalue weighted by molar-refractivity contribution is -0.124. The Kier molecular flexibility index (Phi) is 3.54. The summed E-state index contributed by atoms with van der Waals surface area (Å²) >= 11 is 1.68. The molecule has 19 heavy (non-hydrogen) atoms. The van der Waals surface area contributed by atoms with E-state index in [0.717, 1.165) is 0 Å². The van der Waals surface area contributed by atoms with Gasteiger partial charge >= 0.3 is 0 Å². The Morgan fingerprint density at radius 3 is 2.79 bits per heavy atom. The van der Waals surface area contributed by atoms with Gasteiger partial charge in [-0.3, -0.25) is 4.79 Å². The lowest BCUT2D eigenvalue weighted by atomic mass is 9.91. The number of amidine groups is 1. The van der Waals surface area contributed by atoms with Gasteiger partial charge in [0.25, 0.3) is 0 Å². The molecule has 0 bridgehead atoms. The van der Waals surface area contributed by atoms with Gasteiger partial charge in [-0.25, -0.2) is 0 Å². The Bertz CT molecular complexity index is 490. The zero-order valence-corrected chi connectivity index (χ0v) is 12.0. The van der Waals surface area contributed by atoms with E-state index < -0.39 is 5.41 Å². The molecule has 0 unspecified atom stereocenters.